The number of fused-ring (bicyclic) bond motifs is 4. The molecule has 3 aromatic carbocycles. The maximum Gasteiger partial charge on any atom is 0.260 e. The lowest BCUT2D eigenvalue weighted by atomic mass is 10.1. The highest BCUT2D eigenvalue weighted by atomic mass is 35.5. The van der Waals surface area contributed by atoms with E-state index >= 15 is 0 Å². The van der Waals surface area contributed by atoms with Crippen LogP contribution in [0.5, 0.6) is 0 Å². The van der Waals surface area contributed by atoms with Crippen molar-refractivity contribution in [3.8, 4) is 0 Å². The van der Waals surface area contributed by atoms with Gasteiger partial charge in [-0.3, -0.25) is 0 Å². The van der Waals surface area contributed by atoms with E-state index in [1.54, 1.807) is 11.8 Å². The van der Waals surface area contributed by atoms with E-state index in [0.717, 1.165) is 36.9 Å². The van der Waals surface area contributed by atoms with Gasteiger partial charge < -0.3 is 16.8 Å². The Labute approximate surface area is 172 Å². The summed E-state index contributed by atoms with van der Waals surface area (Å²) in [5.74, 6) is 0. The van der Waals surface area contributed by atoms with Crippen LogP contribution in [0.3, 0.4) is 0 Å². The van der Waals surface area contributed by atoms with Crippen molar-refractivity contribution >= 4 is 56.3 Å². The van der Waals surface area contributed by atoms with Crippen molar-refractivity contribution in [2.75, 3.05) is 0 Å². The fraction of sp³-hybridized carbons (Fsp3) is 0.0455. The Morgan fingerprint density at radius 2 is 1.52 bits per heavy atom. The zero-order valence-corrected chi connectivity index (χ0v) is 16.8. The Hall–Kier alpha value is -2.20. The van der Waals surface area contributed by atoms with Gasteiger partial charge in [0.25, 0.3) is 5.52 Å². The monoisotopic (exact) mass is 411 g/mol. The summed E-state index contributed by atoms with van der Waals surface area (Å²) < 4.78 is 8.53. The lowest BCUT2D eigenvalue weighted by Gasteiger charge is -2.07. The molecule has 0 aliphatic heterocycles. The Balaban J connectivity index is 0.00000180. The normalized spacial score (nSPS) is 11.2. The highest BCUT2D eigenvalue weighted by Gasteiger charge is 2.24. The lowest BCUT2D eigenvalue weighted by molar-refractivity contribution is -0.617. The first-order valence-electron chi connectivity index (χ1n) is 8.38. The fourth-order valence-corrected chi connectivity index (χ4v) is 4.59. The minimum absolute atomic E-state index is 0. The first kappa shape index (κ1) is 18.2. The second-order valence-electron chi connectivity index (χ2n) is 6.24. The van der Waals surface area contributed by atoms with Crippen LogP contribution in [0, 0.1) is 0 Å². The number of para-hydroxylation sites is 2. The molecule has 5 heteroatoms. The Bertz CT molecular complexity index is 1280. The first-order valence-corrected chi connectivity index (χ1v) is 9.57. The van der Waals surface area contributed by atoms with Crippen LogP contribution in [0.2, 0.25) is 5.02 Å². The number of halogens is 2. The smallest absolute Gasteiger partial charge is 0.260 e. The van der Waals surface area contributed by atoms with Crippen LogP contribution in [0.1, 0.15) is 0 Å². The summed E-state index contributed by atoms with van der Waals surface area (Å²) in [6.07, 6.45) is 0. The third-order valence-corrected chi connectivity index (χ3v) is 6.02. The maximum atomic E-state index is 6.30. The number of pyridine rings is 1. The van der Waals surface area contributed by atoms with Crippen molar-refractivity contribution in [1.82, 2.24) is 0 Å². The van der Waals surface area contributed by atoms with Crippen LogP contribution >= 0.6 is 23.4 Å². The van der Waals surface area contributed by atoms with Gasteiger partial charge in [-0.05, 0) is 42.5 Å². The summed E-state index contributed by atoms with van der Waals surface area (Å²) >= 11 is 7.76. The molecule has 2 nitrogen and oxygen atoms in total. The molecule has 0 unspecified atom stereocenters. The average molecular weight is 412 g/mol. The summed E-state index contributed by atoms with van der Waals surface area (Å²) in [4.78, 5) is 2.27. The zero-order chi connectivity index (χ0) is 17.7. The summed E-state index contributed by atoms with van der Waals surface area (Å²) in [6, 6.07) is 24.6. The van der Waals surface area contributed by atoms with E-state index in [0.29, 0.717) is 0 Å². The molecule has 0 saturated carbocycles. The van der Waals surface area contributed by atoms with Crippen molar-refractivity contribution in [2.45, 2.75) is 9.79 Å². The molecule has 2 heterocycles. The number of rotatable bonds is 2. The molecule has 0 N–H and O–H groups in total. The standard InChI is InChI=1S/C22H15ClNOS.ClH/c1-24-18-8-4-2-6-16(18)22(26-15-12-10-14(23)11-13-15)21-20(24)17-7-3-5-9-19(17)25-21;/h2-13H,1H3;1H/q+1;/p-1. The molecule has 0 aliphatic carbocycles. The largest absolute Gasteiger partial charge is 1.00 e. The molecule has 0 saturated heterocycles. The molecule has 5 aromatic rings. The van der Waals surface area contributed by atoms with Crippen LogP contribution in [0.25, 0.3) is 33.0 Å². The Morgan fingerprint density at radius 1 is 0.852 bits per heavy atom. The van der Waals surface area contributed by atoms with Crippen LogP contribution < -0.4 is 17.0 Å². The number of furan rings is 1. The fourth-order valence-electron chi connectivity index (χ4n) is 3.44. The van der Waals surface area contributed by atoms with E-state index in [-0.39, 0.29) is 12.4 Å². The van der Waals surface area contributed by atoms with E-state index in [2.05, 4.69) is 48.0 Å². The molecule has 2 aromatic heterocycles. The highest BCUT2D eigenvalue weighted by molar-refractivity contribution is 7.99. The second-order valence-corrected chi connectivity index (χ2v) is 7.76. The number of aromatic nitrogens is 1. The third kappa shape index (κ3) is 2.96. The molecular formula is C22H15Cl2NOS. The predicted octanol–water partition coefficient (Wildman–Crippen LogP) is 3.37. The molecule has 0 fully saturated rings. The van der Waals surface area contributed by atoms with Crippen molar-refractivity contribution in [3.05, 3.63) is 77.8 Å². The van der Waals surface area contributed by atoms with Gasteiger partial charge >= 0.3 is 0 Å². The van der Waals surface area contributed by atoms with Gasteiger partial charge in [0, 0.05) is 16.0 Å². The van der Waals surface area contributed by atoms with Crippen molar-refractivity contribution < 1.29 is 21.4 Å². The molecular weight excluding hydrogens is 397 g/mol. The Morgan fingerprint density at radius 3 is 2.30 bits per heavy atom. The van der Waals surface area contributed by atoms with Crippen LogP contribution in [0.15, 0.2) is 87.0 Å². The minimum atomic E-state index is 0. The predicted molar refractivity (Wildman–Crippen MR) is 108 cm³/mol. The SMILES string of the molecule is C[n+]1c2ccccc2c(Sc2ccc(Cl)cc2)c2oc3ccccc3c21.[Cl-]. The van der Waals surface area contributed by atoms with Crippen LogP contribution in [-0.4, -0.2) is 0 Å². The molecule has 0 atom stereocenters. The summed E-state index contributed by atoms with van der Waals surface area (Å²) in [5.41, 5.74) is 4.14. The van der Waals surface area contributed by atoms with Gasteiger partial charge in [-0.2, -0.15) is 4.57 Å². The van der Waals surface area contributed by atoms with Crippen molar-refractivity contribution in [1.29, 1.82) is 0 Å². The molecule has 134 valence electrons. The molecule has 27 heavy (non-hydrogen) atoms. The first-order chi connectivity index (χ1) is 12.7. The minimum Gasteiger partial charge on any atom is -1.00 e. The number of hydrogen-bond donors (Lipinski definition) is 0. The highest BCUT2D eigenvalue weighted by Crippen LogP contribution is 2.41. The number of hydrogen-bond acceptors (Lipinski definition) is 2. The maximum absolute atomic E-state index is 6.30. The quantitative estimate of drug-likeness (QED) is 0.414. The molecule has 0 radical (unpaired) electrons. The van der Waals surface area contributed by atoms with Crippen LogP contribution in [-0.2, 0) is 7.05 Å². The van der Waals surface area contributed by atoms with Crippen molar-refractivity contribution in [2.24, 2.45) is 7.05 Å². The van der Waals surface area contributed by atoms with E-state index in [4.69, 9.17) is 16.0 Å². The number of benzene rings is 3. The van der Waals surface area contributed by atoms with E-state index in [1.165, 1.54) is 10.9 Å². The molecule has 5 rings (SSSR count). The van der Waals surface area contributed by atoms with Gasteiger partial charge in [0.05, 0.1) is 15.7 Å². The summed E-state index contributed by atoms with van der Waals surface area (Å²) in [5, 5.41) is 3.06. The zero-order valence-electron chi connectivity index (χ0n) is 14.4. The van der Waals surface area contributed by atoms with Gasteiger partial charge in [0.15, 0.2) is 0 Å². The molecule has 0 aliphatic rings. The number of aryl methyl sites for hydroxylation is 1. The number of nitrogens with zero attached hydrogens (tertiary/aromatic N) is 1. The van der Waals surface area contributed by atoms with E-state index in [9.17, 15) is 0 Å². The topological polar surface area (TPSA) is 17.0 Å². The van der Waals surface area contributed by atoms with Gasteiger partial charge in [-0.1, -0.05) is 47.6 Å². The van der Waals surface area contributed by atoms with Crippen LogP contribution in [0.4, 0.5) is 0 Å². The molecule has 0 bridgehead atoms. The van der Waals surface area contributed by atoms with Gasteiger partial charge in [0.1, 0.15) is 12.6 Å². The van der Waals surface area contributed by atoms with E-state index in [1.807, 2.05) is 36.4 Å². The second kappa shape index (κ2) is 7.08. The van der Waals surface area contributed by atoms with Crippen molar-refractivity contribution in [3.63, 3.8) is 0 Å². The third-order valence-electron chi connectivity index (χ3n) is 4.65. The van der Waals surface area contributed by atoms with E-state index < -0.39 is 0 Å². The van der Waals surface area contributed by atoms with Gasteiger partial charge in [-0.15, -0.1) is 0 Å². The summed E-state index contributed by atoms with van der Waals surface area (Å²) in [7, 11) is 2.10. The van der Waals surface area contributed by atoms with Gasteiger partial charge in [0.2, 0.25) is 11.1 Å². The lowest BCUT2D eigenvalue weighted by Crippen LogP contribution is -3.00. The average Bonchev–Trinajstić information content (AvgIpc) is 3.06. The molecule has 0 amide bonds. The summed E-state index contributed by atoms with van der Waals surface area (Å²) in [6.45, 7) is 0. The van der Waals surface area contributed by atoms with Gasteiger partial charge in [-0.25, -0.2) is 0 Å². The Kier molecular flexibility index (Phi) is 4.77. The molecule has 0 spiro atoms.